The fourth-order valence-electron chi connectivity index (χ4n) is 2.73. The van der Waals surface area contributed by atoms with Gasteiger partial charge in [-0.1, -0.05) is 33.1 Å². The Bertz CT molecular complexity index is 433. The summed E-state index contributed by atoms with van der Waals surface area (Å²) >= 11 is 7.29. The number of halogens is 2. The molecule has 1 aliphatic carbocycles. The minimum Gasteiger partial charge on any atom is -0.491 e. The fraction of sp³-hybridized carbons (Fsp3) is 0.647. The summed E-state index contributed by atoms with van der Waals surface area (Å²) in [5.74, 6) is 1.66. The summed E-state index contributed by atoms with van der Waals surface area (Å²) < 4.78 is 8.14. The molecule has 0 unspecified atom stereocenters. The first kappa shape index (κ1) is 17.3. The number of benzene rings is 1. The molecule has 1 N–H and O–H groups in total. The van der Waals surface area contributed by atoms with Gasteiger partial charge in [0.1, 0.15) is 5.75 Å². The van der Waals surface area contributed by atoms with Crippen LogP contribution in [0.15, 0.2) is 21.1 Å². The largest absolute Gasteiger partial charge is 0.491 e. The summed E-state index contributed by atoms with van der Waals surface area (Å²) in [4.78, 5) is 0. The quantitative estimate of drug-likeness (QED) is 0.642. The van der Waals surface area contributed by atoms with E-state index in [9.17, 15) is 0 Å². The second-order valence-electron chi connectivity index (χ2n) is 6.24. The topological polar surface area (TPSA) is 21.3 Å². The second kappa shape index (κ2) is 8.54. The highest BCUT2D eigenvalue weighted by Gasteiger charge is 2.16. The van der Waals surface area contributed by atoms with Crippen molar-refractivity contribution in [3.8, 4) is 5.75 Å². The standard InChI is InChI=1S/C17H25Br2NO/c1-12(2)20-10-14-8-15(18)17(16(19)9-14)21-11-13-6-4-3-5-7-13/h8-9,12-13,20H,3-7,10-11H2,1-2H3. The molecule has 0 atom stereocenters. The van der Waals surface area contributed by atoms with E-state index in [2.05, 4.69) is 63.2 Å². The molecule has 1 aromatic carbocycles. The number of hydrogen-bond acceptors (Lipinski definition) is 2. The first-order valence-electron chi connectivity index (χ1n) is 7.90. The highest BCUT2D eigenvalue weighted by atomic mass is 79.9. The molecule has 0 saturated heterocycles. The average molecular weight is 419 g/mol. The molecule has 21 heavy (non-hydrogen) atoms. The molecule has 0 radical (unpaired) electrons. The van der Waals surface area contributed by atoms with Crippen LogP contribution in [0.3, 0.4) is 0 Å². The molecule has 118 valence electrons. The Kier molecular flexibility index (Phi) is 7.03. The SMILES string of the molecule is CC(C)NCc1cc(Br)c(OCC2CCCCC2)c(Br)c1. The number of hydrogen-bond donors (Lipinski definition) is 1. The van der Waals surface area contributed by atoms with Crippen LogP contribution in [-0.2, 0) is 6.54 Å². The number of ether oxygens (including phenoxy) is 1. The van der Waals surface area contributed by atoms with E-state index in [-0.39, 0.29) is 0 Å². The van der Waals surface area contributed by atoms with Gasteiger partial charge in [-0.05, 0) is 68.3 Å². The van der Waals surface area contributed by atoms with Crippen molar-refractivity contribution < 1.29 is 4.74 Å². The molecule has 1 fully saturated rings. The molecule has 4 heteroatoms. The lowest BCUT2D eigenvalue weighted by Gasteiger charge is -2.22. The normalized spacial score (nSPS) is 16.4. The predicted molar refractivity (Wildman–Crippen MR) is 95.9 cm³/mol. The van der Waals surface area contributed by atoms with E-state index in [4.69, 9.17) is 4.74 Å². The summed E-state index contributed by atoms with van der Waals surface area (Å²) in [6.07, 6.45) is 6.73. The second-order valence-corrected chi connectivity index (χ2v) is 7.95. The third-order valence-electron chi connectivity index (χ3n) is 3.96. The van der Waals surface area contributed by atoms with Gasteiger partial charge in [-0.3, -0.25) is 0 Å². The van der Waals surface area contributed by atoms with Gasteiger partial charge in [-0.25, -0.2) is 0 Å². The first-order valence-corrected chi connectivity index (χ1v) is 9.49. The Balaban J connectivity index is 1.95. The minimum atomic E-state index is 0.491. The summed E-state index contributed by atoms with van der Waals surface area (Å²) in [6.45, 7) is 6.02. The third kappa shape index (κ3) is 5.57. The van der Waals surface area contributed by atoms with Gasteiger partial charge in [0.15, 0.2) is 0 Å². The van der Waals surface area contributed by atoms with E-state index in [0.717, 1.165) is 33.8 Å². The molecule has 0 heterocycles. The molecule has 2 nitrogen and oxygen atoms in total. The van der Waals surface area contributed by atoms with Crippen LogP contribution in [0.1, 0.15) is 51.5 Å². The molecule has 0 aliphatic heterocycles. The van der Waals surface area contributed by atoms with E-state index in [1.54, 1.807) is 0 Å². The van der Waals surface area contributed by atoms with Crippen LogP contribution in [0.25, 0.3) is 0 Å². The molecule has 2 rings (SSSR count). The van der Waals surface area contributed by atoms with Crippen molar-refractivity contribution in [2.24, 2.45) is 5.92 Å². The molecule has 0 spiro atoms. The zero-order valence-corrected chi connectivity index (χ0v) is 16.1. The lowest BCUT2D eigenvalue weighted by atomic mass is 9.90. The Morgan fingerprint density at radius 1 is 1.14 bits per heavy atom. The van der Waals surface area contributed by atoms with Crippen molar-refractivity contribution in [2.45, 2.75) is 58.5 Å². The van der Waals surface area contributed by atoms with E-state index in [0.29, 0.717) is 6.04 Å². The zero-order valence-electron chi connectivity index (χ0n) is 12.9. The van der Waals surface area contributed by atoms with Crippen LogP contribution in [0, 0.1) is 5.92 Å². The molecule has 1 aromatic rings. The maximum atomic E-state index is 6.07. The van der Waals surface area contributed by atoms with Gasteiger partial charge >= 0.3 is 0 Å². The maximum absolute atomic E-state index is 6.07. The van der Waals surface area contributed by atoms with Gasteiger partial charge in [0.2, 0.25) is 0 Å². The van der Waals surface area contributed by atoms with Gasteiger partial charge in [0.25, 0.3) is 0 Å². The van der Waals surface area contributed by atoms with Crippen molar-refractivity contribution >= 4 is 31.9 Å². The molecule has 1 saturated carbocycles. The molecule has 0 amide bonds. The molecular weight excluding hydrogens is 394 g/mol. The lowest BCUT2D eigenvalue weighted by molar-refractivity contribution is 0.207. The molecular formula is C17H25Br2NO. The third-order valence-corrected chi connectivity index (χ3v) is 5.14. The zero-order chi connectivity index (χ0) is 15.2. The van der Waals surface area contributed by atoms with Gasteiger partial charge in [-0.15, -0.1) is 0 Å². The van der Waals surface area contributed by atoms with Crippen LogP contribution in [0.2, 0.25) is 0 Å². The Morgan fingerprint density at radius 3 is 2.33 bits per heavy atom. The van der Waals surface area contributed by atoms with Gasteiger partial charge in [0, 0.05) is 12.6 Å². The van der Waals surface area contributed by atoms with E-state index >= 15 is 0 Å². The average Bonchev–Trinajstić information content (AvgIpc) is 2.45. The highest BCUT2D eigenvalue weighted by molar-refractivity contribution is 9.11. The van der Waals surface area contributed by atoms with Crippen molar-refractivity contribution in [1.29, 1.82) is 0 Å². The van der Waals surface area contributed by atoms with Crippen molar-refractivity contribution in [2.75, 3.05) is 6.61 Å². The van der Waals surface area contributed by atoms with Crippen LogP contribution < -0.4 is 10.1 Å². The smallest absolute Gasteiger partial charge is 0.147 e. The van der Waals surface area contributed by atoms with Crippen LogP contribution in [0.4, 0.5) is 0 Å². The van der Waals surface area contributed by atoms with E-state index in [1.165, 1.54) is 37.7 Å². The summed E-state index contributed by atoms with van der Waals surface area (Å²) in [5, 5.41) is 3.44. The Labute approximate surface area is 145 Å². The summed E-state index contributed by atoms with van der Waals surface area (Å²) in [7, 11) is 0. The maximum Gasteiger partial charge on any atom is 0.147 e. The van der Waals surface area contributed by atoms with Crippen molar-refractivity contribution in [3.05, 3.63) is 26.6 Å². The molecule has 0 bridgehead atoms. The van der Waals surface area contributed by atoms with Crippen molar-refractivity contribution in [1.82, 2.24) is 5.32 Å². The van der Waals surface area contributed by atoms with Crippen LogP contribution in [0.5, 0.6) is 5.75 Å². The van der Waals surface area contributed by atoms with Gasteiger partial charge in [-0.2, -0.15) is 0 Å². The molecule has 1 aliphatic rings. The highest BCUT2D eigenvalue weighted by Crippen LogP contribution is 2.36. The van der Waals surface area contributed by atoms with E-state index in [1.807, 2.05) is 0 Å². The number of rotatable bonds is 6. The first-order chi connectivity index (χ1) is 10.1. The Morgan fingerprint density at radius 2 is 1.76 bits per heavy atom. The van der Waals surface area contributed by atoms with Gasteiger partial charge < -0.3 is 10.1 Å². The van der Waals surface area contributed by atoms with E-state index < -0.39 is 0 Å². The Hall–Kier alpha value is -0.0600. The van der Waals surface area contributed by atoms with Crippen LogP contribution >= 0.6 is 31.9 Å². The number of nitrogens with one attached hydrogen (secondary N) is 1. The van der Waals surface area contributed by atoms with Gasteiger partial charge in [0.05, 0.1) is 15.6 Å². The monoisotopic (exact) mass is 417 g/mol. The fourth-order valence-corrected chi connectivity index (χ4v) is 4.24. The predicted octanol–water partition coefficient (Wildman–Crippen LogP) is 5.67. The summed E-state index contributed by atoms with van der Waals surface area (Å²) in [6, 6.07) is 4.79. The van der Waals surface area contributed by atoms with Crippen LogP contribution in [-0.4, -0.2) is 12.6 Å². The lowest BCUT2D eigenvalue weighted by Crippen LogP contribution is -2.21. The van der Waals surface area contributed by atoms with Crippen molar-refractivity contribution in [3.63, 3.8) is 0 Å². The minimum absolute atomic E-state index is 0.491. The molecule has 0 aromatic heterocycles. The summed E-state index contributed by atoms with van der Waals surface area (Å²) in [5.41, 5.74) is 1.26.